The fourth-order valence-electron chi connectivity index (χ4n) is 7.03. The maximum absolute atomic E-state index is 14.1. The molecule has 3 aliphatic carbocycles. The maximum Gasteiger partial charge on any atom is 0.481 e. The second-order valence-electron chi connectivity index (χ2n) is 12.3. The normalized spacial score (nSPS) is 28.1. The highest BCUT2D eigenvalue weighted by Crippen LogP contribution is 2.65. The molecule has 1 unspecified atom stereocenters. The minimum absolute atomic E-state index is 0.0319. The van der Waals surface area contributed by atoms with Gasteiger partial charge in [-0.15, -0.1) is 0 Å². The van der Waals surface area contributed by atoms with Gasteiger partial charge in [-0.05, 0) is 73.3 Å². The Kier molecular flexibility index (Phi) is 7.89. The number of hydrogen-bond acceptors (Lipinski definition) is 4. The fraction of sp³-hybridized carbons (Fsp3) is 0.548. The van der Waals surface area contributed by atoms with Crippen LogP contribution in [0.2, 0.25) is 0 Å². The van der Waals surface area contributed by atoms with Crippen LogP contribution in [0.15, 0.2) is 54.6 Å². The maximum atomic E-state index is 14.1. The molecule has 1 saturated heterocycles. The molecule has 1 heterocycles. The predicted octanol–water partition coefficient (Wildman–Crippen LogP) is 5.63. The Labute approximate surface area is 231 Å². The molecule has 6 rings (SSSR count). The monoisotopic (exact) mass is 534 g/mol. The molecule has 8 heteroatoms. The average Bonchev–Trinajstić information content (AvgIpc) is 3.28. The lowest BCUT2D eigenvalue weighted by Crippen LogP contribution is -2.65. The first kappa shape index (κ1) is 27.8. The quantitative estimate of drug-likeness (QED) is 0.388. The topological polar surface area (TPSA) is 76.7 Å². The molecule has 2 aromatic rings. The van der Waals surface area contributed by atoms with E-state index in [0.29, 0.717) is 23.0 Å². The molecule has 4 fully saturated rings. The largest absolute Gasteiger partial charge is 0.481 e. The molecule has 2 amide bonds. The van der Waals surface area contributed by atoms with E-state index in [0.717, 1.165) is 25.7 Å². The van der Waals surface area contributed by atoms with Crippen LogP contribution in [-0.2, 0) is 14.1 Å². The van der Waals surface area contributed by atoms with Gasteiger partial charge in [0.1, 0.15) is 5.82 Å². The standard InChI is InChI=1S/C31H40BFN2O4/c1-5-6-15-27(32-38-26-18-22-17-25(30(22,2)3)31(26,4)39-32)35-28(36)19-24(21-13-10-14-23(33)16-21)34-29(37)20-11-8-7-9-12-20/h7-14,16,22,24-27H,5-6,15,17-19H2,1-4H3,(H,34,37)(H,35,36)/t22-,24?,25-,26+,27-,31-/m0/s1. The molecular weight excluding hydrogens is 494 g/mol. The Morgan fingerprint density at radius 2 is 1.85 bits per heavy atom. The summed E-state index contributed by atoms with van der Waals surface area (Å²) in [6, 6.07) is 14.1. The molecule has 2 bridgehead atoms. The highest BCUT2D eigenvalue weighted by Gasteiger charge is 2.68. The predicted molar refractivity (Wildman–Crippen MR) is 149 cm³/mol. The zero-order valence-corrected chi connectivity index (χ0v) is 23.4. The second kappa shape index (κ2) is 11.0. The van der Waals surface area contributed by atoms with Crippen molar-refractivity contribution < 1.29 is 23.3 Å². The van der Waals surface area contributed by atoms with E-state index in [9.17, 15) is 14.0 Å². The van der Waals surface area contributed by atoms with Gasteiger partial charge < -0.3 is 19.9 Å². The third kappa shape index (κ3) is 5.51. The van der Waals surface area contributed by atoms with Gasteiger partial charge in [-0.3, -0.25) is 9.59 Å². The number of carbonyl (C=O) groups is 2. The van der Waals surface area contributed by atoms with Gasteiger partial charge in [-0.25, -0.2) is 4.39 Å². The first-order chi connectivity index (χ1) is 18.6. The average molecular weight is 534 g/mol. The van der Waals surface area contributed by atoms with Crippen LogP contribution < -0.4 is 10.6 Å². The minimum atomic E-state index is -0.696. The van der Waals surface area contributed by atoms with Crippen LogP contribution in [0.4, 0.5) is 4.39 Å². The first-order valence-corrected chi connectivity index (χ1v) is 14.4. The zero-order chi connectivity index (χ0) is 27.8. The number of carbonyl (C=O) groups excluding carboxylic acids is 2. The summed E-state index contributed by atoms with van der Waals surface area (Å²) in [6.45, 7) is 8.96. The Bertz CT molecular complexity index is 1190. The lowest BCUT2D eigenvalue weighted by Gasteiger charge is -2.64. The van der Waals surface area contributed by atoms with Gasteiger partial charge in [0, 0.05) is 5.56 Å². The number of hydrogen-bond donors (Lipinski definition) is 2. The Balaban J connectivity index is 1.30. The molecule has 4 aliphatic rings. The number of rotatable bonds is 10. The highest BCUT2D eigenvalue weighted by atomic mass is 19.1. The van der Waals surface area contributed by atoms with Gasteiger partial charge in [0.2, 0.25) is 5.91 Å². The lowest BCUT2D eigenvalue weighted by atomic mass is 9.43. The molecule has 39 heavy (non-hydrogen) atoms. The van der Waals surface area contributed by atoms with Crippen LogP contribution in [0.3, 0.4) is 0 Å². The Morgan fingerprint density at radius 3 is 2.54 bits per heavy atom. The third-order valence-corrected chi connectivity index (χ3v) is 9.49. The van der Waals surface area contributed by atoms with Crippen molar-refractivity contribution in [1.29, 1.82) is 0 Å². The Morgan fingerprint density at radius 1 is 1.08 bits per heavy atom. The summed E-state index contributed by atoms with van der Waals surface area (Å²) in [5.41, 5.74) is 0.894. The van der Waals surface area contributed by atoms with Crippen LogP contribution in [0.1, 0.15) is 88.2 Å². The molecule has 0 aromatic heterocycles. The first-order valence-electron chi connectivity index (χ1n) is 14.4. The van der Waals surface area contributed by atoms with E-state index in [-0.39, 0.29) is 41.3 Å². The molecule has 6 atom stereocenters. The van der Waals surface area contributed by atoms with Crippen molar-refractivity contribution in [3.05, 3.63) is 71.5 Å². The molecular formula is C31H40BFN2O4. The highest BCUT2D eigenvalue weighted by molar-refractivity contribution is 6.47. The molecule has 0 radical (unpaired) electrons. The number of nitrogens with one attached hydrogen (secondary N) is 2. The van der Waals surface area contributed by atoms with Gasteiger partial charge in [-0.2, -0.15) is 0 Å². The molecule has 2 N–H and O–H groups in total. The van der Waals surface area contributed by atoms with Crippen LogP contribution >= 0.6 is 0 Å². The van der Waals surface area contributed by atoms with Crippen LogP contribution in [0.25, 0.3) is 0 Å². The van der Waals surface area contributed by atoms with E-state index in [4.69, 9.17) is 9.31 Å². The van der Waals surface area contributed by atoms with Crippen LogP contribution in [0, 0.1) is 23.1 Å². The Hall–Kier alpha value is -2.71. The summed E-state index contributed by atoms with van der Waals surface area (Å²) in [5.74, 6) is -0.203. The molecule has 3 saturated carbocycles. The number of benzene rings is 2. The van der Waals surface area contributed by atoms with Crippen molar-refractivity contribution in [2.45, 2.75) is 89.9 Å². The van der Waals surface area contributed by atoms with Crippen molar-refractivity contribution >= 4 is 18.9 Å². The lowest BCUT2D eigenvalue weighted by molar-refractivity contribution is -0.199. The number of amides is 2. The summed E-state index contributed by atoms with van der Waals surface area (Å²) in [4.78, 5) is 26.4. The van der Waals surface area contributed by atoms with E-state index >= 15 is 0 Å². The third-order valence-electron chi connectivity index (χ3n) is 9.49. The van der Waals surface area contributed by atoms with Crippen LogP contribution in [-0.4, -0.2) is 36.6 Å². The van der Waals surface area contributed by atoms with E-state index in [1.807, 2.05) is 6.07 Å². The van der Waals surface area contributed by atoms with Crippen molar-refractivity contribution in [2.75, 3.05) is 0 Å². The SMILES string of the molecule is CCCC[C@H](NC(=O)CC(NC(=O)c1ccccc1)c1cccc(F)c1)B1O[C@@H]2C[C@@H]3C[C@@H](C3(C)C)[C@]2(C)O1. The zero-order valence-electron chi connectivity index (χ0n) is 23.4. The van der Waals surface area contributed by atoms with E-state index < -0.39 is 19.0 Å². The summed E-state index contributed by atoms with van der Waals surface area (Å²) >= 11 is 0. The summed E-state index contributed by atoms with van der Waals surface area (Å²) in [5, 5.41) is 6.10. The summed E-state index contributed by atoms with van der Waals surface area (Å²) in [7, 11) is -0.517. The van der Waals surface area contributed by atoms with E-state index in [2.05, 4.69) is 38.3 Å². The van der Waals surface area contributed by atoms with E-state index in [1.165, 1.54) is 18.6 Å². The van der Waals surface area contributed by atoms with Crippen molar-refractivity contribution in [2.24, 2.45) is 17.3 Å². The summed E-state index contributed by atoms with van der Waals surface area (Å²) in [6.07, 6.45) is 4.79. The molecule has 1 aliphatic heterocycles. The summed E-state index contributed by atoms with van der Waals surface area (Å²) < 4.78 is 27.3. The second-order valence-corrected chi connectivity index (χ2v) is 12.3. The van der Waals surface area contributed by atoms with Gasteiger partial charge in [0.15, 0.2) is 0 Å². The molecule has 6 nitrogen and oxygen atoms in total. The van der Waals surface area contributed by atoms with Crippen molar-refractivity contribution in [3.63, 3.8) is 0 Å². The minimum Gasteiger partial charge on any atom is -0.404 e. The molecule has 208 valence electrons. The van der Waals surface area contributed by atoms with Gasteiger partial charge >= 0.3 is 7.12 Å². The fourth-order valence-corrected chi connectivity index (χ4v) is 7.03. The van der Waals surface area contributed by atoms with Crippen molar-refractivity contribution in [3.8, 4) is 0 Å². The molecule has 2 aromatic carbocycles. The molecule has 0 spiro atoms. The van der Waals surface area contributed by atoms with Crippen LogP contribution in [0.5, 0.6) is 0 Å². The smallest absolute Gasteiger partial charge is 0.404 e. The van der Waals surface area contributed by atoms with Gasteiger partial charge in [-0.1, -0.05) is 63.9 Å². The number of unbranched alkanes of at least 4 members (excludes halogenated alkanes) is 1. The van der Waals surface area contributed by atoms with E-state index in [1.54, 1.807) is 36.4 Å². The van der Waals surface area contributed by atoms with Gasteiger partial charge in [0.05, 0.1) is 30.1 Å². The van der Waals surface area contributed by atoms with Crippen molar-refractivity contribution in [1.82, 2.24) is 10.6 Å². The number of halogens is 1. The van der Waals surface area contributed by atoms with Gasteiger partial charge in [0.25, 0.3) is 5.91 Å².